The minimum atomic E-state index is -0.708. The predicted molar refractivity (Wildman–Crippen MR) is 117 cm³/mol. The van der Waals surface area contributed by atoms with E-state index >= 15 is 0 Å². The van der Waals surface area contributed by atoms with E-state index < -0.39 is 29.5 Å². The third-order valence-electron chi connectivity index (χ3n) is 4.33. The number of fused-ring (bicyclic) bond motifs is 1. The lowest BCUT2D eigenvalue weighted by atomic mass is 10.3. The van der Waals surface area contributed by atoms with E-state index in [-0.39, 0.29) is 16.4 Å². The summed E-state index contributed by atoms with van der Waals surface area (Å²) in [4.78, 5) is 38.6. The van der Waals surface area contributed by atoms with E-state index in [9.17, 15) is 18.8 Å². The van der Waals surface area contributed by atoms with Gasteiger partial charge in [-0.3, -0.25) is 14.2 Å². The van der Waals surface area contributed by atoms with Crippen molar-refractivity contribution < 1.29 is 9.18 Å². The summed E-state index contributed by atoms with van der Waals surface area (Å²) < 4.78 is 16.4. The normalized spacial score (nSPS) is 11.0. The zero-order valence-corrected chi connectivity index (χ0v) is 17.4. The van der Waals surface area contributed by atoms with Crippen LogP contribution in [-0.4, -0.2) is 15.0 Å². The Morgan fingerprint density at radius 1 is 1.07 bits per heavy atom. The summed E-state index contributed by atoms with van der Waals surface area (Å²) >= 11 is 12.9. The SMILES string of the molecule is O=C(Cn1c(=O)n(-c2cccc(Cl)c2)c(=O)c2sccc21)Nc1ccc(Cl)cc1F. The first-order chi connectivity index (χ1) is 14.3. The van der Waals surface area contributed by atoms with Gasteiger partial charge in [0, 0.05) is 10.0 Å². The molecule has 4 rings (SSSR count). The molecule has 0 aliphatic rings. The van der Waals surface area contributed by atoms with Gasteiger partial charge in [0.05, 0.1) is 16.9 Å². The highest BCUT2D eigenvalue weighted by molar-refractivity contribution is 7.17. The number of thiophene rings is 1. The van der Waals surface area contributed by atoms with Gasteiger partial charge in [0.2, 0.25) is 5.91 Å². The first-order valence-electron chi connectivity index (χ1n) is 8.59. The van der Waals surface area contributed by atoms with Crippen molar-refractivity contribution in [1.29, 1.82) is 0 Å². The Morgan fingerprint density at radius 3 is 2.57 bits per heavy atom. The summed E-state index contributed by atoms with van der Waals surface area (Å²) in [5.74, 6) is -1.34. The van der Waals surface area contributed by atoms with Crippen molar-refractivity contribution in [3.05, 3.63) is 90.6 Å². The fourth-order valence-corrected chi connectivity index (χ4v) is 4.17. The Bertz CT molecular complexity index is 1410. The van der Waals surface area contributed by atoms with Crippen molar-refractivity contribution in [2.75, 3.05) is 5.32 Å². The molecule has 0 fully saturated rings. The molecule has 2 heterocycles. The van der Waals surface area contributed by atoms with Crippen molar-refractivity contribution in [1.82, 2.24) is 9.13 Å². The Morgan fingerprint density at radius 2 is 1.83 bits per heavy atom. The number of hydrogen-bond donors (Lipinski definition) is 1. The van der Waals surface area contributed by atoms with Crippen molar-refractivity contribution in [3.8, 4) is 5.69 Å². The van der Waals surface area contributed by atoms with E-state index in [4.69, 9.17) is 23.2 Å². The molecular weight excluding hydrogens is 452 g/mol. The van der Waals surface area contributed by atoms with E-state index in [2.05, 4.69) is 5.32 Å². The first kappa shape index (κ1) is 20.3. The van der Waals surface area contributed by atoms with Crippen LogP contribution in [0.15, 0.2) is 63.5 Å². The second kappa shape index (κ2) is 8.06. The Labute approximate surface area is 182 Å². The maximum Gasteiger partial charge on any atom is 0.336 e. The first-order valence-corrected chi connectivity index (χ1v) is 10.2. The van der Waals surface area contributed by atoms with Crippen molar-refractivity contribution in [3.63, 3.8) is 0 Å². The lowest BCUT2D eigenvalue weighted by Crippen LogP contribution is -2.40. The van der Waals surface area contributed by atoms with Crippen LogP contribution in [0, 0.1) is 5.82 Å². The summed E-state index contributed by atoms with van der Waals surface area (Å²) in [6, 6.07) is 11.7. The predicted octanol–water partition coefficient (Wildman–Crippen LogP) is 4.30. The quantitative estimate of drug-likeness (QED) is 0.490. The molecule has 2 aromatic heterocycles. The van der Waals surface area contributed by atoms with Crippen LogP contribution in [0.3, 0.4) is 0 Å². The van der Waals surface area contributed by atoms with Gasteiger partial charge >= 0.3 is 5.69 Å². The van der Waals surface area contributed by atoms with E-state index in [0.29, 0.717) is 15.2 Å². The van der Waals surface area contributed by atoms with E-state index in [0.717, 1.165) is 26.5 Å². The molecule has 0 saturated heterocycles. The second-order valence-electron chi connectivity index (χ2n) is 6.30. The number of carbonyl (C=O) groups is 1. The molecule has 152 valence electrons. The maximum absolute atomic E-state index is 14.0. The van der Waals surface area contributed by atoms with E-state index in [1.807, 2.05) is 0 Å². The number of rotatable bonds is 4. The minimum Gasteiger partial charge on any atom is -0.322 e. The molecule has 2 aromatic carbocycles. The molecule has 0 spiro atoms. The van der Waals surface area contributed by atoms with Gasteiger partial charge in [-0.2, -0.15) is 0 Å². The van der Waals surface area contributed by atoms with Crippen LogP contribution in [-0.2, 0) is 11.3 Å². The van der Waals surface area contributed by atoms with Crippen LogP contribution < -0.4 is 16.6 Å². The molecule has 0 aliphatic carbocycles. The zero-order valence-electron chi connectivity index (χ0n) is 15.1. The van der Waals surface area contributed by atoms with Crippen LogP contribution >= 0.6 is 34.5 Å². The number of anilines is 1. The number of aromatic nitrogens is 2. The molecule has 10 heteroatoms. The number of nitrogens with one attached hydrogen (secondary N) is 1. The fourth-order valence-electron chi connectivity index (χ4n) is 3.01. The Hall–Kier alpha value is -2.94. The topological polar surface area (TPSA) is 73.1 Å². The molecule has 0 radical (unpaired) electrons. The monoisotopic (exact) mass is 463 g/mol. The molecule has 0 saturated carbocycles. The smallest absolute Gasteiger partial charge is 0.322 e. The summed E-state index contributed by atoms with van der Waals surface area (Å²) in [5, 5.41) is 4.61. The molecule has 4 aromatic rings. The van der Waals surface area contributed by atoms with Gasteiger partial charge in [-0.25, -0.2) is 13.8 Å². The van der Waals surface area contributed by atoms with Gasteiger partial charge < -0.3 is 5.32 Å². The molecule has 0 atom stereocenters. The zero-order chi connectivity index (χ0) is 21.4. The molecule has 0 bridgehead atoms. The van der Waals surface area contributed by atoms with Gasteiger partial charge in [0.25, 0.3) is 5.56 Å². The summed E-state index contributed by atoms with van der Waals surface area (Å²) in [7, 11) is 0. The van der Waals surface area contributed by atoms with Crippen LogP contribution in [0.4, 0.5) is 10.1 Å². The number of hydrogen-bond acceptors (Lipinski definition) is 4. The Kier molecular flexibility index (Phi) is 5.46. The van der Waals surface area contributed by atoms with E-state index in [1.165, 1.54) is 18.2 Å². The van der Waals surface area contributed by atoms with Crippen molar-refractivity contribution in [2.24, 2.45) is 0 Å². The van der Waals surface area contributed by atoms with Crippen molar-refractivity contribution in [2.45, 2.75) is 6.54 Å². The number of benzene rings is 2. The molecule has 1 N–H and O–H groups in total. The summed E-state index contributed by atoms with van der Waals surface area (Å²) in [5.41, 5.74) is -0.680. The third-order valence-corrected chi connectivity index (χ3v) is 5.69. The average molecular weight is 464 g/mol. The lowest BCUT2D eigenvalue weighted by Gasteiger charge is -2.13. The standard InChI is InChI=1S/C20H12Cl2FN3O3S/c21-11-2-1-3-13(8-11)26-19(28)18-16(6-7-30-18)25(20(26)29)10-17(27)24-15-5-4-12(22)9-14(15)23/h1-9H,10H2,(H,24,27). The average Bonchev–Trinajstić information content (AvgIpc) is 3.18. The van der Waals surface area contributed by atoms with Gasteiger partial charge in [0.15, 0.2) is 0 Å². The largest absolute Gasteiger partial charge is 0.336 e. The molecule has 30 heavy (non-hydrogen) atoms. The van der Waals surface area contributed by atoms with Crippen LogP contribution in [0.1, 0.15) is 0 Å². The minimum absolute atomic E-state index is 0.0674. The van der Waals surface area contributed by atoms with Crippen LogP contribution in [0.25, 0.3) is 15.9 Å². The highest BCUT2D eigenvalue weighted by atomic mass is 35.5. The number of amides is 1. The maximum atomic E-state index is 14.0. The highest BCUT2D eigenvalue weighted by Crippen LogP contribution is 2.20. The summed E-state index contributed by atoms with van der Waals surface area (Å²) in [6.07, 6.45) is 0. The highest BCUT2D eigenvalue weighted by Gasteiger charge is 2.18. The fraction of sp³-hybridized carbons (Fsp3) is 0.0500. The van der Waals surface area contributed by atoms with Gasteiger partial charge in [-0.15, -0.1) is 11.3 Å². The molecular formula is C20H12Cl2FN3O3S. The molecule has 1 amide bonds. The number of nitrogens with zero attached hydrogens (tertiary/aromatic N) is 2. The lowest BCUT2D eigenvalue weighted by molar-refractivity contribution is -0.116. The molecule has 0 unspecified atom stereocenters. The number of carbonyl (C=O) groups excluding carboxylic acids is 1. The van der Waals surface area contributed by atoms with E-state index in [1.54, 1.807) is 29.6 Å². The van der Waals surface area contributed by atoms with Crippen LogP contribution in [0.2, 0.25) is 10.0 Å². The second-order valence-corrected chi connectivity index (χ2v) is 8.09. The molecule has 0 aliphatic heterocycles. The molecule has 6 nitrogen and oxygen atoms in total. The van der Waals surface area contributed by atoms with Crippen molar-refractivity contribution >= 4 is 56.3 Å². The third kappa shape index (κ3) is 3.77. The van der Waals surface area contributed by atoms with Crippen LogP contribution in [0.5, 0.6) is 0 Å². The van der Waals surface area contributed by atoms with Gasteiger partial charge in [-0.05, 0) is 47.8 Å². The van der Waals surface area contributed by atoms with Gasteiger partial charge in [-0.1, -0.05) is 29.3 Å². The Balaban J connectivity index is 1.79. The summed E-state index contributed by atoms with van der Waals surface area (Å²) in [6.45, 7) is -0.422. The van der Waals surface area contributed by atoms with Gasteiger partial charge in [0.1, 0.15) is 17.1 Å². The number of halogens is 3.